The van der Waals surface area contributed by atoms with E-state index in [1.807, 2.05) is 19.9 Å². The van der Waals surface area contributed by atoms with E-state index in [1.54, 1.807) is 6.92 Å². The molecule has 0 aromatic rings. The molecule has 0 bridgehead atoms. The van der Waals surface area contributed by atoms with Crippen molar-refractivity contribution >= 4 is 5.91 Å². The number of hydrogen-bond acceptors (Lipinski definition) is 3. The van der Waals surface area contributed by atoms with Gasteiger partial charge in [0.25, 0.3) is 0 Å². The Balaban J connectivity index is 3.82. The van der Waals surface area contributed by atoms with Gasteiger partial charge in [-0.1, -0.05) is 19.1 Å². The second kappa shape index (κ2) is 7.02. The summed E-state index contributed by atoms with van der Waals surface area (Å²) in [6.07, 6.45) is 0.502. The zero-order valence-electron chi connectivity index (χ0n) is 10.3. The van der Waals surface area contributed by atoms with Gasteiger partial charge in [0.1, 0.15) is 5.41 Å². The molecule has 1 atom stereocenters. The molecule has 0 aliphatic heterocycles. The van der Waals surface area contributed by atoms with Crippen molar-refractivity contribution in [3.63, 3.8) is 0 Å². The molecule has 4 heteroatoms. The molecular formula is C12H20N2O2. The van der Waals surface area contributed by atoms with Gasteiger partial charge in [-0.2, -0.15) is 5.26 Å². The van der Waals surface area contributed by atoms with E-state index in [0.717, 1.165) is 5.57 Å². The van der Waals surface area contributed by atoms with Gasteiger partial charge >= 0.3 is 0 Å². The van der Waals surface area contributed by atoms with Crippen LogP contribution in [0, 0.1) is 16.7 Å². The number of carbonyl (C=O) groups excluding carboxylic acids is 1. The fourth-order valence-corrected chi connectivity index (χ4v) is 0.969. The fraction of sp³-hybridized carbons (Fsp3) is 0.667. The molecule has 0 radical (unpaired) electrons. The minimum Gasteiger partial charge on any atom is -0.375 e. The summed E-state index contributed by atoms with van der Waals surface area (Å²) in [5.74, 6) is -0.239. The number of amides is 1. The monoisotopic (exact) mass is 224 g/mol. The van der Waals surface area contributed by atoms with Gasteiger partial charge in [-0.05, 0) is 20.3 Å². The normalized spacial score (nSPS) is 13.6. The number of carbonyl (C=O) groups is 1. The van der Waals surface area contributed by atoms with Gasteiger partial charge in [-0.15, -0.1) is 0 Å². The largest absolute Gasteiger partial charge is 0.375 e. The summed E-state index contributed by atoms with van der Waals surface area (Å²) in [7, 11) is 0. The molecular weight excluding hydrogens is 204 g/mol. The van der Waals surface area contributed by atoms with E-state index < -0.39 is 5.41 Å². The van der Waals surface area contributed by atoms with Crippen molar-refractivity contribution in [1.82, 2.24) is 5.32 Å². The first kappa shape index (κ1) is 14.7. The molecule has 16 heavy (non-hydrogen) atoms. The van der Waals surface area contributed by atoms with Crippen molar-refractivity contribution in [1.29, 1.82) is 5.26 Å². The van der Waals surface area contributed by atoms with Gasteiger partial charge in [0, 0.05) is 6.54 Å². The maximum Gasteiger partial charge on any atom is 0.240 e. The standard InChI is InChI=1S/C12H20N2O2/c1-5-12(4,9-13)11(15)14-6-7-16-8-10(2)3/h2,5-8H2,1,3-4H3,(H,14,15). The Morgan fingerprint density at radius 1 is 1.62 bits per heavy atom. The van der Waals surface area contributed by atoms with Crippen molar-refractivity contribution in [3.8, 4) is 6.07 Å². The first-order valence-corrected chi connectivity index (χ1v) is 5.38. The van der Waals surface area contributed by atoms with Crippen LogP contribution < -0.4 is 5.32 Å². The van der Waals surface area contributed by atoms with Crippen LogP contribution in [-0.4, -0.2) is 25.7 Å². The number of nitrogens with zero attached hydrogens (tertiary/aromatic N) is 1. The fourth-order valence-electron chi connectivity index (χ4n) is 0.969. The van der Waals surface area contributed by atoms with E-state index in [4.69, 9.17) is 10.00 Å². The highest BCUT2D eigenvalue weighted by Gasteiger charge is 2.30. The third-order valence-corrected chi connectivity index (χ3v) is 2.34. The Kier molecular flexibility index (Phi) is 6.43. The maximum atomic E-state index is 11.6. The smallest absolute Gasteiger partial charge is 0.240 e. The van der Waals surface area contributed by atoms with E-state index in [-0.39, 0.29) is 5.91 Å². The highest BCUT2D eigenvalue weighted by Crippen LogP contribution is 2.19. The number of ether oxygens (including phenoxy) is 1. The molecule has 4 nitrogen and oxygen atoms in total. The quantitative estimate of drug-likeness (QED) is 0.528. The van der Waals surface area contributed by atoms with E-state index >= 15 is 0 Å². The number of nitrogens with one attached hydrogen (secondary N) is 1. The third kappa shape index (κ3) is 4.94. The van der Waals surface area contributed by atoms with E-state index in [0.29, 0.717) is 26.2 Å². The molecule has 0 spiro atoms. The Labute approximate surface area is 97.3 Å². The summed E-state index contributed by atoms with van der Waals surface area (Å²) in [6.45, 7) is 10.4. The molecule has 0 fully saturated rings. The van der Waals surface area contributed by atoms with E-state index in [9.17, 15) is 4.79 Å². The van der Waals surface area contributed by atoms with Crippen LogP contribution in [-0.2, 0) is 9.53 Å². The molecule has 0 aromatic carbocycles. The van der Waals surface area contributed by atoms with Crippen LogP contribution in [0.15, 0.2) is 12.2 Å². The number of hydrogen-bond donors (Lipinski definition) is 1. The molecule has 0 aliphatic rings. The number of nitriles is 1. The Bertz CT molecular complexity index is 294. The molecule has 0 aromatic heterocycles. The molecule has 0 rings (SSSR count). The van der Waals surface area contributed by atoms with Crippen molar-refractivity contribution in [2.45, 2.75) is 27.2 Å². The molecule has 0 heterocycles. The Hall–Kier alpha value is -1.34. The topological polar surface area (TPSA) is 62.1 Å². The van der Waals surface area contributed by atoms with Crippen molar-refractivity contribution in [2.75, 3.05) is 19.8 Å². The average molecular weight is 224 g/mol. The molecule has 0 aliphatic carbocycles. The van der Waals surface area contributed by atoms with Gasteiger partial charge in [0.15, 0.2) is 0 Å². The van der Waals surface area contributed by atoms with Crippen LogP contribution in [0.25, 0.3) is 0 Å². The van der Waals surface area contributed by atoms with Gasteiger partial charge in [-0.25, -0.2) is 0 Å². The zero-order valence-corrected chi connectivity index (χ0v) is 10.3. The lowest BCUT2D eigenvalue weighted by atomic mass is 9.88. The first-order chi connectivity index (χ1) is 7.46. The Morgan fingerprint density at radius 3 is 2.69 bits per heavy atom. The predicted molar refractivity (Wildman–Crippen MR) is 62.7 cm³/mol. The highest BCUT2D eigenvalue weighted by molar-refractivity contribution is 5.84. The zero-order chi connectivity index (χ0) is 12.6. The lowest BCUT2D eigenvalue weighted by molar-refractivity contribution is -0.127. The minimum absolute atomic E-state index is 0.239. The van der Waals surface area contributed by atoms with Crippen molar-refractivity contribution in [3.05, 3.63) is 12.2 Å². The summed E-state index contributed by atoms with van der Waals surface area (Å²) in [4.78, 5) is 11.6. The minimum atomic E-state index is -0.936. The van der Waals surface area contributed by atoms with E-state index in [1.165, 1.54) is 0 Å². The molecule has 1 N–H and O–H groups in total. The van der Waals surface area contributed by atoms with Crippen LogP contribution >= 0.6 is 0 Å². The van der Waals surface area contributed by atoms with Gasteiger partial charge < -0.3 is 10.1 Å². The predicted octanol–water partition coefficient (Wildman–Crippen LogP) is 1.64. The summed E-state index contributed by atoms with van der Waals surface area (Å²) in [5.41, 5.74) is 0.00991. The maximum absolute atomic E-state index is 11.6. The van der Waals surface area contributed by atoms with Crippen LogP contribution in [0.1, 0.15) is 27.2 Å². The third-order valence-electron chi connectivity index (χ3n) is 2.34. The SMILES string of the molecule is C=C(C)COCCNC(=O)C(C)(C#N)CC. The highest BCUT2D eigenvalue weighted by atomic mass is 16.5. The molecule has 0 saturated carbocycles. The summed E-state index contributed by atoms with van der Waals surface area (Å²) in [6, 6.07) is 2.02. The molecule has 1 amide bonds. The van der Waals surface area contributed by atoms with Crippen LogP contribution in [0.5, 0.6) is 0 Å². The second-order valence-corrected chi connectivity index (χ2v) is 4.06. The summed E-state index contributed by atoms with van der Waals surface area (Å²) < 4.78 is 5.23. The van der Waals surface area contributed by atoms with Crippen LogP contribution in [0.4, 0.5) is 0 Å². The second-order valence-electron chi connectivity index (χ2n) is 4.06. The molecule has 1 unspecified atom stereocenters. The lowest BCUT2D eigenvalue weighted by Crippen LogP contribution is -2.39. The van der Waals surface area contributed by atoms with Gasteiger partial charge in [0.05, 0.1) is 19.3 Å². The van der Waals surface area contributed by atoms with Gasteiger partial charge in [0.2, 0.25) is 5.91 Å². The first-order valence-electron chi connectivity index (χ1n) is 5.38. The molecule has 90 valence electrons. The Morgan fingerprint density at radius 2 is 2.25 bits per heavy atom. The van der Waals surface area contributed by atoms with Crippen LogP contribution in [0.3, 0.4) is 0 Å². The molecule has 0 saturated heterocycles. The van der Waals surface area contributed by atoms with Crippen LogP contribution in [0.2, 0.25) is 0 Å². The van der Waals surface area contributed by atoms with E-state index in [2.05, 4.69) is 11.9 Å². The van der Waals surface area contributed by atoms with Crippen molar-refractivity contribution < 1.29 is 9.53 Å². The average Bonchev–Trinajstić information content (AvgIpc) is 2.26. The van der Waals surface area contributed by atoms with Gasteiger partial charge in [-0.3, -0.25) is 4.79 Å². The van der Waals surface area contributed by atoms with Crippen molar-refractivity contribution in [2.24, 2.45) is 5.41 Å². The number of rotatable bonds is 7. The lowest BCUT2D eigenvalue weighted by Gasteiger charge is -2.18. The summed E-state index contributed by atoms with van der Waals surface area (Å²) in [5, 5.41) is 11.6. The summed E-state index contributed by atoms with van der Waals surface area (Å²) >= 11 is 0.